The van der Waals surface area contributed by atoms with E-state index >= 15 is 0 Å². The van der Waals surface area contributed by atoms with Gasteiger partial charge in [0.25, 0.3) is 0 Å². The highest BCUT2D eigenvalue weighted by Crippen LogP contribution is 2.29. The molecule has 0 unspecified atom stereocenters. The first kappa shape index (κ1) is 8.63. The maximum absolute atomic E-state index is 11.2. The van der Waals surface area contributed by atoms with E-state index in [1.807, 2.05) is 0 Å². The molecule has 0 aliphatic heterocycles. The summed E-state index contributed by atoms with van der Waals surface area (Å²) in [6, 6.07) is 0. The molecule has 0 aromatic heterocycles. The fraction of sp³-hybridized carbons (Fsp3) is 0.750. The van der Waals surface area contributed by atoms with E-state index in [1.165, 1.54) is 0 Å². The van der Waals surface area contributed by atoms with Crippen molar-refractivity contribution >= 4 is 11.8 Å². The minimum absolute atomic E-state index is 0.0653. The molecule has 52 valence electrons. The molecule has 5 heteroatoms. The standard InChI is InChI=1S/C4H4F3NS/c1-8-2-3-9-4(5,6)7/h2-3H2. The van der Waals surface area contributed by atoms with Crippen molar-refractivity contribution in [1.29, 1.82) is 0 Å². The Bertz CT molecular complexity index is 114. The lowest BCUT2D eigenvalue weighted by molar-refractivity contribution is -0.0327. The van der Waals surface area contributed by atoms with Crippen molar-refractivity contribution in [3.63, 3.8) is 0 Å². The number of halogens is 3. The van der Waals surface area contributed by atoms with Gasteiger partial charge in [0.1, 0.15) is 0 Å². The van der Waals surface area contributed by atoms with Crippen molar-refractivity contribution in [2.75, 3.05) is 12.3 Å². The number of rotatable bonds is 2. The first-order chi connectivity index (χ1) is 4.06. The van der Waals surface area contributed by atoms with Crippen LogP contribution in [0.15, 0.2) is 0 Å². The van der Waals surface area contributed by atoms with E-state index in [2.05, 4.69) is 4.85 Å². The first-order valence-electron chi connectivity index (χ1n) is 2.10. The molecule has 0 heterocycles. The Hall–Kier alpha value is -0.370. The van der Waals surface area contributed by atoms with Crippen molar-refractivity contribution in [3.05, 3.63) is 11.4 Å². The second kappa shape index (κ2) is 3.62. The molecule has 1 nitrogen and oxygen atoms in total. The summed E-state index contributed by atoms with van der Waals surface area (Å²) < 4.78 is 33.7. The highest BCUT2D eigenvalue weighted by atomic mass is 32.2. The molecule has 0 aliphatic rings. The van der Waals surface area contributed by atoms with Crippen LogP contribution in [0.1, 0.15) is 0 Å². The molecule has 0 N–H and O–H groups in total. The topological polar surface area (TPSA) is 4.36 Å². The molecule has 0 rings (SSSR count). The molecule has 0 spiro atoms. The van der Waals surface area contributed by atoms with Crippen LogP contribution in [0.2, 0.25) is 0 Å². The third-order valence-corrected chi connectivity index (χ3v) is 1.18. The van der Waals surface area contributed by atoms with Crippen LogP contribution < -0.4 is 0 Å². The van der Waals surface area contributed by atoms with Crippen LogP contribution in [0.25, 0.3) is 4.85 Å². The summed E-state index contributed by atoms with van der Waals surface area (Å²) >= 11 is -0.156. The Morgan fingerprint density at radius 1 is 1.44 bits per heavy atom. The number of hydrogen-bond acceptors (Lipinski definition) is 1. The SMILES string of the molecule is [C-]#[N+]CCSC(F)(F)F. The lowest BCUT2D eigenvalue weighted by atomic mass is 10.8. The van der Waals surface area contributed by atoms with E-state index in [0.717, 1.165) is 0 Å². The molecule has 0 aromatic rings. The Labute approximate surface area is 55.1 Å². The zero-order valence-electron chi connectivity index (χ0n) is 4.40. The second-order valence-corrected chi connectivity index (χ2v) is 2.34. The molecule has 0 amide bonds. The fourth-order valence-corrected chi connectivity index (χ4v) is 0.621. The number of thioether (sulfide) groups is 1. The molecule has 0 bridgehead atoms. The van der Waals surface area contributed by atoms with E-state index < -0.39 is 5.51 Å². The third kappa shape index (κ3) is 7.63. The fourth-order valence-electron chi connectivity index (χ4n) is 0.207. The average Bonchev–Trinajstić information content (AvgIpc) is 1.63. The van der Waals surface area contributed by atoms with Gasteiger partial charge in [-0.25, -0.2) is 6.57 Å². The van der Waals surface area contributed by atoms with Crippen LogP contribution in [0, 0.1) is 6.57 Å². The van der Waals surface area contributed by atoms with Crippen LogP contribution in [0.5, 0.6) is 0 Å². The van der Waals surface area contributed by atoms with Gasteiger partial charge >= 0.3 is 5.51 Å². The summed E-state index contributed by atoms with van der Waals surface area (Å²) in [5.41, 5.74) is -4.18. The minimum atomic E-state index is -4.18. The molecular formula is C4H4F3NS. The largest absolute Gasteiger partial charge is 0.442 e. The molecular weight excluding hydrogens is 151 g/mol. The summed E-state index contributed by atoms with van der Waals surface area (Å²) in [6.45, 7) is 6.09. The van der Waals surface area contributed by atoms with Gasteiger partial charge in [0.2, 0.25) is 6.54 Å². The molecule has 0 aliphatic carbocycles. The van der Waals surface area contributed by atoms with Crippen LogP contribution in [0.3, 0.4) is 0 Å². The van der Waals surface area contributed by atoms with Crippen LogP contribution in [0.4, 0.5) is 13.2 Å². The van der Waals surface area contributed by atoms with Gasteiger partial charge in [-0.2, -0.15) is 13.2 Å². The molecule has 0 saturated carbocycles. The van der Waals surface area contributed by atoms with Gasteiger partial charge in [-0.05, 0) is 11.8 Å². The van der Waals surface area contributed by atoms with E-state index in [0.29, 0.717) is 0 Å². The molecule has 0 radical (unpaired) electrons. The van der Waals surface area contributed by atoms with Gasteiger partial charge in [0, 0.05) is 0 Å². The predicted octanol–water partition coefficient (Wildman–Crippen LogP) is 2.16. The Morgan fingerprint density at radius 2 is 2.00 bits per heavy atom. The van der Waals surface area contributed by atoms with E-state index in [-0.39, 0.29) is 24.1 Å². The first-order valence-corrected chi connectivity index (χ1v) is 3.09. The molecule has 9 heavy (non-hydrogen) atoms. The van der Waals surface area contributed by atoms with Crippen LogP contribution in [-0.4, -0.2) is 17.8 Å². The van der Waals surface area contributed by atoms with Gasteiger partial charge < -0.3 is 4.85 Å². The number of alkyl halides is 3. The number of hydrogen-bond donors (Lipinski definition) is 0. The Morgan fingerprint density at radius 3 is 2.33 bits per heavy atom. The zero-order chi connectivity index (χ0) is 7.33. The lowest BCUT2D eigenvalue weighted by Crippen LogP contribution is -2.01. The summed E-state index contributed by atoms with van der Waals surface area (Å²) in [5.74, 6) is -0.160. The van der Waals surface area contributed by atoms with Crippen molar-refractivity contribution in [2.24, 2.45) is 0 Å². The molecule has 0 atom stereocenters. The van der Waals surface area contributed by atoms with Gasteiger partial charge in [0.05, 0.1) is 5.75 Å². The smallest absolute Gasteiger partial charge is 0.316 e. The number of nitrogens with zero attached hydrogens (tertiary/aromatic N) is 1. The third-order valence-electron chi connectivity index (χ3n) is 0.469. The van der Waals surface area contributed by atoms with Crippen molar-refractivity contribution in [1.82, 2.24) is 0 Å². The van der Waals surface area contributed by atoms with Crippen LogP contribution in [-0.2, 0) is 0 Å². The molecule has 0 aromatic carbocycles. The normalized spacial score (nSPS) is 10.9. The van der Waals surface area contributed by atoms with Gasteiger partial charge in [0.15, 0.2) is 0 Å². The van der Waals surface area contributed by atoms with E-state index in [1.54, 1.807) is 0 Å². The van der Waals surface area contributed by atoms with Crippen molar-refractivity contribution < 1.29 is 13.2 Å². The van der Waals surface area contributed by atoms with Crippen LogP contribution >= 0.6 is 11.8 Å². The summed E-state index contributed by atoms with van der Waals surface area (Å²) in [7, 11) is 0. The van der Waals surface area contributed by atoms with E-state index in [9.17, 15) is 13.2 Å². The van der Waals surface area contributed by atoms with Gasteiger partial charge in [-0.3, -0.25) is 0 Å². The van der Waals surface area contributed by atoms with Crippen molar-refractivity contribution in [2.45, 2.75) is 5.51 Å². The highest BCUT2D eigenvalue weighted by molar-refractivity contribution is 8.00. The highest BCUT2D eigenvalue weighted by Gasteiger charge is 2.27. The summed E-state index contributed by atoms with van der Waals surface area (Å²) in [5, 5.41) is 0. The summed E-state index contributed by atoms with van der Waals surface area (Å²) in [4.78, 5) is 2.77. The maximum atomic E-state index is 11.2. The predicted molar refractivity (Wildman–Crippen MR) is 30.0 cm³/mol. The Balaban J connectivity index is 3.20. The summed E-state index contributed by atoms with van der Waals surface area (Å²) in [6.07, 6.45) is 0. The minimum Gasteiger partial charge on any atom is -0.316 e. The van der Waals surface area contributed by atoms with Gasteiger partial charge in [-0.1, -0.05) is 0 Å². The second-order valence-electron chi connectivity index (χ2n) is 1.18. The molecule has 0 saturated heterocycles. The van der Waals surface area contributed by atoms with Crippen molar-refractivity contribution in [3.8, 4) is 0 Å². The zero-order valence-corrected chi connectivity index (χ0v) is 5.22. The Kier molecular flexibility index (Phi) is 3.47. The molecule has 0 fully saturated rings. The monoisotopic (exact) mass is 155 g/mol. The lowest BCUT2D eigenvalue weighted by Gasteiger charge is -1.99. The van der Waals surface area contributed by atoms with Gasteiger partial charge in [-0.15, -0.1) is 0 Å². The quantitative estimate of drug-likeness (QED) is 0.436. The average molecular weight is 155 g/mol. The van der Waals surface area contributed by atoms with E-state index in [4.69, 9.17) is 6.57 Å². The maximum Gasteiger partial charge on any atom is 0.442 e.